The molecule has 1 amide bonds. The van der Waals surface area contributed by atoms with Gasteiger partial charge in [-0.1, -0.05) is 56.3 Å². The van der Waals surface area contributed by atoms with Gasteiger partial charge in [-0.25, -0.2) is 0 Å². The van der Waals surface area contributed by atoms with Gasteiger partial charge >= 0.3 is 0 Å². The number of hydrogen-bond donors (Lipinski definition) is 1. The molecule has 0 aliphatic carbocycles. The zero-order valence-electron chi connectivity index (χ0n) is 21.3. The molecule has 37 heavy (non-hydrogen) atoms. The lowest BCUT2D eigenvalue weighted by atomic mass is 9.99. The third kappa shape index (κ3) is 4.67. The van der Waals surface area contributed by atoms with Crippen LogP contribution in [0.1, 0.15) is 60.5 Å². The van der Waals surface area contributed by atoms with E-state index in [2.05, 4.69) is 36.1 Å². The van der Waals surface area contributed by atoms with Gasteiger partial charge in [-0.05, 0) is 48.6 Å². The van der Waals surface area contributed by atoms with Crippen LogP contribution in [0.5, 0.6) is 5.88 Å². The second kappa shape index (κ2) is 10.0. The van der Waals surface area contributed by atoms with Gasteiger partial charge < -0.3 is 10.0 Å². The first kappa shape index (κ1) is 24.5. The van der Waals surface area contributed by atoms with Crippen molar-refractivity contribution in [2.24, 2.45) is 0 Å². The van der Waals surface area contributed by atoms with Gasteiger partial charge in [-0.3, -0.25) is 18.8 Å². The Morgan fingerprint density at radius 1 is 1.11 bits per heavy atom. The smallest absolute Gasteiger partial charge is 0.290 e. The van der Waals surface area contributed by atoms with Crippen molar-refractivity contribution in [3.63, 3.8) is 0 Å². The zero-order valence-corrected chi connectivity index (χ0v) is 21.3. The molecule has 1 aliphatic heterocycles. The van der Waals surface area contributed by atoms with Gasteiger partial charge in [0.2, 0.25) is 5.88 Å². The zero-order chi connectivity index (χ0) is 26.1. The van der Waals surface area contributed by atoms with Crippen LogP contribution in [0.4, 0.5) is 0 Å². The quantitative estimate of drug-likeness (QED) is 0.421. The predicted molar refractivity (Wildman–Crippen MR) is 142 cm³/mol. The average molecular weight is 498 g/mol. The molecule has 0 radical (unpaired) electrons. The van der Waals surface area contributed by atoms with Crippen molar-refractivity contribution in [3.05, 3.63) is 93.9 Å². The highest BCUT2D eigenvalue weighted by Crippen LogP contribution is 2.32. The number of benzene rings is 2. The molecule has 4 aromatic rings. The third-order valence-electron chi connectivity index (χ3n) is 7.02. The fourth-order valence-electron chi connectivity index (χ4n) is 4.89. The molecule has 190 valence electrons. The van der Waals surface area contributed by atoms with Crippen LogP contribution in [0, 0.1) is 0 Å². The summed E-state index contributed by atoms with van der Waals surface area (Å²) in [4.78, 5) is 32.8. The lowest BCUT2D eigenvalue weighted by Gasteiger charge is -2.20. The number of amides is 1. The van der Waals surface area contributed by atoms with E-state index in [0.717, 1.165) is 17.5 Å². The third-order valence-corrected chi connectivity index (χ3v) is 7.02. The van der Waals surface area contributed by atoms with Crippen molar-refractivity contribution >= 4 is 5.91 Å². The van der Waals surface area contributed by atoms with E-state index in [0.29, 0.717) is 31.0 Å². The summed E-state index contributed by atoms with van der Waals surface area (Å²) in [5, 5.41) is 16.0. The maximum Gasteiger partial charge on any atom is 0.290 e. The van der Waals surface area contributed by atoms with Gasteiger partial charge in [0.1, 0.15) is 5.69 Å². The molecule has 2 aromatic carbocycles. The van der Waals surface area contributed by atoms with Crippen molar-refractivity contribution in [2.45, 2.75) is 45.6 Å². The molecule has 1 aliphatic rings. The van der Waals surface area contributed by atoms with Crippen LogP contribution in [0.3, 0.4) is 0 Å². The summed E-state index contributed by atoms with van der Waals surface area (Å²) in [6.45, 7) is 7.75. The normalized spacial score (nSPS) is 15.5. The van der Waals surface area contributed by atoms with Crippen molar-refractivity contribution < 1.29 is 9.90 Å². The maximum atomic E-state index is 13.6. The van der Waals surface area contributed by atoms with Crippen LogP contribution in [-0.2, 0) is 6.54 Å². The van der Waals surface area contributed by atoms with E-state index in [1.165, 1.54) is 4.57 Å². The second-order valence-corrected chi connectivity index (χ2v) is 9.73. The van der Waals surface area contributed by atoms with Gasteiger partial charge in [-0.2, -0.15) is 10.1 Å². The number of aromatic nitrogens is 4. The molecule has 8 nitrogen and oxygen atoms in total. The maximum absolute atomic E-state index is 13.6. The van der Waals surface area contributed by atoms with Gasteiger partial charge in [0.05, 0.1) is 5.69 Å². The molecule has 0 unspecified atom stereocenters. The number of carbonyl (C=O) groups is 1. The molecule has 1 saturated heterocycles. The summed E-state index contributed by atoms with van der Waals surface area (Å²) >= 11 is 0. The largest absolute Gasteiger partial charge is 0.493 e. The molecule has 0 bridgehead atoms. The Labute approximate surface area is 215 Å². The highest BCUT2D eigenvalue weighted by Gasteiger charge is 2.33. The van der Waals surface area contributed by atoms with Crippen LogP contribution >= 0.6 is 0 Å². The second-order valence-electron chi connectivity index (χ2n) is 9.73. The van der Waals surface area contributed by atoms with Crippen LogP contribution in [0.25, 0.3) is 17.2 Å². The van der Waals surface area contributed by atoms with Gasteiger partial charge in [0.25, 0.3) is 11.5 Å². The van der Waals surface area contributed by atoms with E-state index in [4.69, 9.17) is 0 Å². The van der Waals surface area contributed by atoms with Crippen LogP contribution in [0.2, 0.25) is 0 Å². The summed E-state index contributed by atoms with van der Waals surface area (Å²) in [5.74, 6) is -0.307. The molecule has 8 heteroatoms. The number of rotatable bonds is 6. The highest BCUT2D eigenvalue weighted by molar-refractivity contribution is 5.96. The number of aryl methyl sites for hydroxylation is 1. The number of likely N-dealkylation sites (tertiary alicyclic amines) is 1. The molecule has 1 N–H and O–H groups in total. The molecule has 2 aromatic heterocycles. The first-order valence-electron chi connectivity index (χ1n) is 12.7. The van der Waals surface area contributed by atoms with E-state index >= 15 is 0 Å². The van der Waals surface area contributed by atoms with E-state index in [1.54, 1.807) is 21.8 Å². The van der Waals surface area contributed by atoms with E-state index in [-0.39, 0.29) is 23.2 Å². The van der Waals surface area contributed by atoms with Crippen LogP contribution < -0.4 is 5.56 Å². The number of hydrogen-bond acceptors (Lipinski definition) is 5. The number of carbonyl (C=O) groups excluding carboxylic acids is 1. The molecular formula is C29H31N5O3. The van der Waals surface area contributed by atoms with Gasteiger partial charge in [0.15, 0.2) is 11.4 Å². The first-order valence-corrected chi connectivity index (χ1v) is 12.7. The summed E-state index contributed by atoms with van der Waals surface area (Å²) in [6.07, 6.45) is 2.58. The molecule has 1 fully saturated rings. The van der Waals surface area contributed by atoms with Crippen molar-refractivity contribution in [2.75, 3.05) is 13.1 Å². The first-order chi connectivity index (χ1) is 17.9. The Bertz CT molecular complexity index is 1490. The predicted octanol–water partition coefficient (Wildman–Crippen LogP) is 4.57. The van der Waals surface area contributed by atoms with E-state index in [9.17, 15) is 14.7 Å². The fraction of sp³-hybridized carbons (Fsp3) is 0.310. The Kier molecular flexibility index (Phi) is 6.65. The lowest BCUT2D eigenvalue weighted by molar-refractivity contribution is 0.0784. The van der Waals surface area contributed by atoms with E-state index in [1.807, 2.05) is 49.4 Å². The molecule has 1 atom stereocenters. The Morgan fingerprint density at radius 3 is 2.59 bits per heavy atom. The minimum Gasteiger partial charge on any atom is -0.493 e. The Hall–Kier alpha value is -4.20. The number of aromatic hydroxyl groups is 1. The minimum atomic E-state index is -0.761. The average Bonchev–Trinajstić information content (AvgIpc) is 3.59. The van der Waals surface area contributed by atoms with Crippen LogP contribution in [-0.4, -0.2) is 48.3 Å². The Morgan fingerprint density at radius 2 is 1.89 bits per heavy atom. The molecule has 0 spiro atoms. The summed E-state index contributed by atoms with van der Waals surface area (Å²) in [7, 11) is 0. The topological polar surface area (TPSA) is 93.3 Å². The Balaban J connectivity index is 1.60. The van der Waals surface area contributed by atoms with Crippen molar-refractivity contribution in [3.8, 4) is 23.1 Å². The molecule has 0 saturated carbocycles. The fourth-order valence-corrected chi connectivity index (χ4v) is 4.89. The monoisotopic (exact) mass is 497 g/mol. The summed E-state index contributed by atoms with van der Waals surface area (Å²) < 4.78 is 3.19. The van der Waals surface area contributed by atoms with Crippen molar-refractivity contribution in [1.82, 2.24) is 24.2 Å². The lowest BCUT2D eigenvalue weighted by Crippen LogP contribution is -2.34. The van der Waals surface area contributed by atoms with Gasteiger partial charge in [0, 0.05) is 31.7 Å². The molecular weight excluding hydrogens is 466 g/mol. The minimum absolute atomic E-state index is 0.183. The highest BCUT2D eigenvalue weighted by atomic mass is 16.3. The van der Waals surface area contributed by atoms with Crippen LogP contribution in [0.15, 0.2) is 71.7 Å². The van der Waals surface area contributed by atoms with Gasteiger partial charge in [-0.15, -0.1) is 0 Å². The molecule has 5 rings (SSSR count). The standard InChI is InChI=1S/C29H31N5O3/c1-4-33-16-14-24(31-33)26-30-27(35)25(29(37)34(26)23-12-8-11-21(17-23)19(2)3)28(36)32-15-13-22(18-32)20-9-6-5-7-10-20/h5-12,14,16-17,19,22,37H,4,13,15,18H2,1-3H3/t22-/m0/s1. The van der Waals surface area contributed by atoms with E-state index < -0.39 is 17.3 Å². The molecule has 3 heterocycles. The summed E-state index contributed by atoms with van der Waals surface area (Å²) in [6, 6.07) is 19.5. The van der Waals surface area contributed by atoms with Crippen molar-refractivity contribution in [1.29, 1.82) is 0 Å². The SMILES string of the molecule is CCn1ccc(-c2nc(=O)c(C(=O)N3CC[C@H](c4ccccc4)C3)c(O)n2-c2cccc(C(C)C)c2)n1. The summed E-state index contributed by atoms with van der Waals surface area (Å²) in [5.41, 5.74) is 2.18. The number of nitrogens with zero attached hydrogens (tertiary/aromatic N) is 5.